The highest BCUT2D eigenvalue weighted by atomic mass is 35.5. The van der Waals surface area contributed by atoms with Gasteiger partial charge in [-0.1, -0.05) is 35.1 Å². The number of hydrogen-bond acceptors (Lipinski definition) is 7. The molecule has 0 radical (unpaired) electrons. The molecule has 1 unspecified atom stereocenters. The molecule has 0 aliphatic rings. The first-order valence-corrected chi connectivity index (χ1v) is 12.4. The number of aromatic nitrogens is 2. The summed E-state index contributed by atoms with van der Waals surface area (Å²) in [7, 11) is -3.73. The summed E-state index contributed by atoms with van der Waals surface area (Å²) in [5.74, 6) is 0.0820. The van der Waals surface area contributed by atoms with Crippen LogP contribution in [0.1, 0.15) is 13.8 Å². The molecule has 2 aromatic carbocycles. The monoisotopic (exact) mass is 480 g/mol. The second-order valence-electron chi connectivity index (χ2n) is 6.57. The first kappa shape index (κ1) is 23.0. The van der Waals surface area contributed by atoms with Crippen molar-refractivity contribution in [3.05, 3.63) is 53.6 Å². The molecule has 0 fully saturated rings. The van der Waals surface area contributed by atoms with Crippen LogP contribution in [-0.4, -0.2) is 43.4 Å². The number of anilines is 2. The van der Waals surface area contributed by atoms with E-state index in [1.54, 1.807) is 48.5 Å². The number of benzene rings is 2. The lowest BCUT2D eigenvalue weighted by molar-refractivity contribution is -0.116. The fraction of sp³-hybridized carbons (Fsp3) is 0.250. The Labute approximate surface area is 189 Å². The lowest BCUT2D eigenvalue weighted by Crippen LogP contribution is -2.45. The van der Waals surface area contributed by atoms with Crippen molar-refractivity contribution in [2.75, 3.05) is 22.5 Å². The van der Waals surface area contributed by atoms with Gasteiger partial charge in [0.1, 0.15) is 16.8 Å². The third-order valence-corrected chi connectivity index (χ3v) is 6.62. The van der Waals surface area contributed by atoms with Gasteiger partial charge in [-0.25, -0.2) is 8.42 Å². The highest BCUT2D eigenvalue weighted by molar-refractivity contribution is 7.92. The predicted molar refractivity (Wildman–Crippen MR) is 123 cm³/mol. The maximum atomic E-state index is 12.8. The first-order chi connectivity index (χ1) is 14.7. The fourth-order valence-electron chi connectivity index (χ4n) is 2.86. The number of halogens is 1. The van der Waals surface area contributed by atoms with Crippen molar-refractivity contribution in [3.8, 4) is 16.3 Å². The summed E-state index contributed by atoms with van der Waals surface area (Å²) in [5, 5.41) is 12.2. The van der Waals surface area contributed by atoms with Crippen LogP contribution >= 0.6 is 22.9 Å². The van der Waals surface area contributed by atoms with Crippen LogP contribution in [0.25, 0.3) is 10.6 Å². The van der Waals surface area contributed by atoms with E-state index in [1.165, 1.54) is 18.3 Å². The Bertz CT molecular complexity index is 1150. The van der Waals surface area contributed by atoms with E-state index in [0.717, 1.165) is 16.1 Å². The Kier molecular flexibility index (Phi) is 7.14. The summed E-state index contributed by atoms with van der Waals surface area (Å²) in [5.41, 5.74) is 1.16. The summed E-state index contributed by atoms with van der Waals surface area (Å²) >= 11 is 7.08. The minimum absolute atomic E-state index is 0.266. The quantitative estimate of drug-likeness (QED) is 0.522. The number of amides is 1. The molecular formula is C20H21ClN4O4S2. The molecule has 8 nitrogen and oxygen atoms in total. The van der Waals surface area contributed by atoms with Crippen LogP contribution in [0.15, 0.2) is 48.5 Å². The van der Waals surface area contributed by atoms with E-state index in [4.69, 9.17) is 16.3 Å². The van der Waals surface area contributed by atoms with Gasteiger partial charge in [-0.15, -0.1) is 10.2 Å². The predicted octanol–water partition coefficient (Wildman–Crippen LogP) is 4.05. The molecule has 31 heavy (non-hydrogen) atoms. The second kappa shape index (κ2) is 9.63. The summed E-state index contributed by atoms with van der Waals surface area (Å²) in [4.78, 5) is 12.8. The van der Waals surface area contributed by atoms with E-state index in [0.29, 0.717) is 28.1 Å². The number of rotatable bonds is 8. The average Bonchev–Trinajstić information content (AvgIpc) is 3.17. The highest BCUT2D eigenvalue weighted by Crippen LogP contribution is 2.28. The topological polar surface area (TPSA) is 101 Å². The molecule has 1 heterocycles. The smallest absolute Gasteiger partial charge is 0.249 e. The molecule has 1 atom stereocenters. The molecule has 164 valence electrons. The van der Waals surface area contributed by atoms with E-state index in [1.807, 2.05) is 6.92 Å². The van der Waals surface area contributed by atoms with Gasteiger partial charge in [0.2, 0.25) is 21.1 Å². The number of carbonyl (C=O) groups is 1. The Balaban J connectivity index is 1.78. The fourth-order valence-corrected chi connectivity index (χ4v) is 4.91. The minimum Gasteiger partial charge on any atom is -0.494 e. The molecule has 1 N–H and O–H groups in total. The Morgan fingerprint density at radius 3 is 2.39 bits per heavy atom. The maximum absolute atomic E-state index is 12.8. The molecule has 0 aliphatic heterocycles. The van der Waals surface area contributed by atoms with Crippen LogP contribution in [0.4, 0.5) is 10.8 Å². The number of hydrogen-bond donors (Lipinski definition) is 1. The molecular weight excluding hydrogens is 460 g/mol. The normalized spacial score (nSPS) is 12.3. The summed E-state index contributed by atoms with van der Waals surface area (Å²) in [6.07, 6.45) is 1.05. The molecule has 0 aliphatic carbocycles. The van der Waals surface area contributed by atoms with E-state index >= 15 is 0 Å². The molecule has 1 aromatic heterocycles. The van der Waals surface area contributed by atoms with Crippen LogP contribution in [0, 0.1) is 0 Å². The number of nitrogens with zero attached hydrogens (tertiary/aromatic N) is 3. The van der Waals surface area contributed by atoms with Gasteiger partial charge in [0.25, 0.3) is 0 Å². The summed E-state index contributed by atoms with van der Waals surface area (Å²) < 4.78 is 31.3. The summed E-state index contributed by atoms with van der Waals surface area (Å²) in [6, 6.07) is 12.6. The largest absolute Gasteiger partial charge is 0.494 e. The number of carbonyl (C=O) groups excluding carboxylic acids is 1. The van der Waals surface area contributed by atoms with Crippen molar-refractivity contribution in [1.29, 1.82) is 0 Å². The van der Waals surface area contributed by atoms with Crippen molar-refractivity contribution >= 4 is 49.7 Å². The highest BCUT2D eigenvalue weighted by Gasteiger charge is 2.29. The zero-order valence-electron chi connectivity index (χ0n) is 17.1. The van der Waals surface area contributed by atoms with Crippen molar-refractivity contribution in [2.24, 2.45) is 0 Å². The van der Waals surface area contributed by atoms with Gasteiger partial charge in [-0.2, -0.15) is 0 Å². The van der Waals surface area contributed by atoms with Crippen molar-refractivity contribution < 1.29 is 17.9 Å². The van der Waals surface area contributed by atoms with Crippen LogP contribution < -0.4 is 14.4 Å². The lowest BCUT2D eigenvalue weighted by atomic mass is 10.2. The Morgan fingerprint density at radius 1 is 1.16 bits per heavy atom. The van der Waals surface area contributed by atoms with Gasteiger partial charge >= 0.3 is 0 Å². The van der Waals surface area contributed by atoms with Gasteiger partial charge in [0.15, 0.2) is 0 Å². The maximum Gasteiger partial charge on any atom is 0.249 e. The Hall–Kier alpha value is -2.69. The van der Waals surface area contributed by atoms with Crippen LogP contribution in [0.5, 0.6) is 5.75 Å². The molecule has 3 aromatic rings. The lowest BCUT2D eigenvalue weighted by Gasteiger charge is -2.28. The van der Waals surface area contributed by atoms with Crippen molar-refractivity contribution in [1.82, 2.24) is 10.2 Å². The van der Waals surface area contributed by atoms with E-state index in [9.17, 15) is 13.2 Å². The average molecular weight is 481 g/mol. The number of sulfonamides is 1. The van der Waals surface area contributed by atoms with Gasteiger partial charge < -0.3 is 4.74 Å². The molecule has 0 spiro atoms. The van der Waals surface area contributed by atoms with Gasteiger partial charge in [-0.3, -0.25) is 14.4 Å². The van der Waals surface area contributed by atoms with Crippen LogP contribution in [0.2, 0.25) is 5.02 Å². The molecule has 11 heteroatoms. The zero-order valence-corrected chi connectivity index (χ0v) is 19.5. The van der Waals surface area contributed by atoms with E-state index in [2.05, 4.69) is 15.5 Å². The van der Waals surface area contributed by atoms with Crippen molar-refractivity contribution in [2.45, 2.75) is 19.9 Å². The van der Waals surface area contributed by atoms with Crippen molar-refractivity contribution in [3.63, 3.8) is 0 Å². The van der Waals surface area contributed by atoms with E-state index in [-0.39, 0.29) is 5.13 Å². The van der Waals surface area contributed by atoms with Gasteiger partial charge in [0, 0.05) is 10.6 Å². The molecule has 3 rings (SSSR count). The van der Waals surface area contributed by atoms with Gasteiger partial charge in [0.05, 0.1) is 18.6 Å². The standard InChI is InChI=1S/C20H21ClN4O4S2/c1-4-29-17-11-9-16(10-12-17)25(31(3,27)28)13(2)18(26)22-20-24-23-19(30-20)14-5-7-15(21)8-6-14/h5-13H,4H2,1-3H3,(H,22,24,26). The third-order valence-electron chi connectivity index (χ3n) is 4.24. The number of ether oxygens (including phenoxy) is 1. The van der Waals surface area contributed by atoms with Crippen LogP contribution in [-0.2, 0) is 14.8 Å². The number of nitrogens with one attached hydrogen (secondary N) is 1. The van der Waals surface area contributed by atoms with Gasteiger partial charge in [-0.05, 0) is 50.2 Å². The van der Waals surface area contributed by atoms with E-state index < -0.39 is 22.0 Å². The Morgan fingerprint density at radius 2 is 1.81 bits per heavy atom. The first-order valence-electron chi connectivity index (χ1n) is 9.31. The summed E-state index contributed by atoms with van der Waals surface area (Å²) in [6.45, 7) is 3.86. The second-order valence-corrected chi connectivity index (χ2v) is 9.84. The third kappa shape index (κ3) is 5.72. The SMILES string of the molecule is CCOc1ccc(N(C(C)C(=O)Nc2nnc(-c3ccc(Cl)cc3)s2)S(C)(=O)=O)cc1. The minimum atomic E-state index is -3.73. The molecule has 0 saturated heterocycles. The molecule has 0 saturated carbocycles. The molecule has 1 amide bonds. The zero-order chi connectivity index (χ0) is 22.6. The van der Waals surface area contributed by atoms with Crippen LogP contribution in [0.3, 0.4) is 0 Å². The molecule has 0 bridgehead atoms.